The maximum Gasteiger partial charge on any atom is 0.115 e. The van der Waals surface area contributed by atoms with Crippen LogP contribution in [-0.2, 0) is 0 Å². The highest BCUT2D eigenvalue weighted by atomic mass is 16.3. The van der Waals surface area contributed by atoms with Crippen LogP contribution in [0.4, 0.5) is 0 Å². The van der Waals surface area contributed by atoms with Gasteiger partial charge in [0, 0.05) is 12.4 Å². The van der Waals surface area contributed by atoms with Gasteiger partial charge in [0.15, 0.2) is 0 Å². The number of aromatic hydroxyl groups is 1. The van der Waals surface area contributed by atoms with Crippen molar-refractivity contribution in [2.45, 2.75) is 0 Å². The molecule has 0 aromatic heterocycles. The van der Waals surface area contributed by atoms with Crippen LogP contribution in [-0.4, -0.2) is 5.11 Å². The molecule has 0 fully saturated rings. The third-order valence-corrected chi connectivity index (χ3v) is 1.47. The van der Waals surface area contributed by atoms with Crippen molar-refractivity contribution in [3.8, 4) is 5.75 Å². The van der Waals surface area contributed by atoms with E-state index in [2.05, 4.69) is 5.32 Å². The number of allylic oxidation sites excluding steroid dienone is 4. The van der Waals surface area contributed by atoms with Gasteiger partial charge in [0.05, 0.1) is 0 Å². The van der Waals surface area contributed by atoms with E-state index in [1.807, 2.05) is 42.8 Å². The zero-order chi connectivity index (χ0) is 10.1. The predicted octanol–water partition coefficient (Wildman–Crippen LogP) is 2.57. The summed E-state index contributed by atoms with van der Waals surface area (Å²) in [4.78, 5) is 0. The van der Waals surface area contributed by atoms with Crippen molar-refractivity contribution in [3.05, 3.63) is 67.0 Å². The van der Waals surface area contributed by atoms with Crippen LogP contribution in [0, 0.1) is 0 Å². The van der Waals surface area contributed by atoms with Gasteiger partial charge >= 0.3 is 0 Å². The largest absolute Gasteiger partial charge is 0.508 e. The second kappa shape index (κ2) is 6.54. The van der Waals surface area contributed by atoms with Crippen LogP contribution in [0.15, 0.2) is 67.0 Å². The van der Waals surface area contributed by atoms with E-state index < -0.39 is 0 Å². The summed E-state index contributed by atoms with van der Waals surface area (Å²) >= 11 is 0. The van der Waals surface area contributed by atoms with Crippen LogP contribution in [0.1, 0.15) is 0 Å². The number of phenolic OH excluding ortho intramolecular Hbond substituents is 1. The summed E-state index contributed by atoms with van der Waals surface area (Å²) in [5.74, 6) is 0.322. The van der Waals surface area contributed by atoms with E-state index in [9.17, 15) is 0 Å². The van der Waals surface area contributed by atoms with E-state index >= 15 is 0 Å². The number of hydrogen-bond donors (Lipinski definition) is 2. The normalized spacial score (nSPS) is 12.3. The minimum absolute atomic E-state index is 0.322. The number of benzene rings is 1. The van der Waals surface area contributed by atoms with Crippen molar-refractivity contribution in [2.75, 3.05) is 0 Å². The molecule has 2 heteroatoms. The number of para-hydroxylation sites is 1. The van der Waals surface area contributed by atoms with Gasteiger partial charge in [-0.15, -0.1) is 0 Å². The van der Waals surface area contributed by atoms with E-state index in [-0.39, 0.29) is 0 Å². The van der Waals surface area contributed by atoms with Gasteiger partial charge < -0.3 is 10.4 Å². The summed E-state index contributed by atoms with van der Waals surface area (Å²) in [6.45, 7) is 0. The van der Waals surface area contributed by atoms with Gasteiger partial charge in [0.2, 0.25) is 0 Å². The monoisotopic (exact) mass is 187 g/mol. The Morgan fingerprint density at radius 2 is 1.36 bits per heavy atom. The smallest absolute Gasteiger partial charge is 0.115 e. The molecule has 1 aromatic carbocycles. The summed E-state index contributed by atoms with van der Waals surface area (Å²) in [6, 6.07) is 8.71. The Hall–Kier alpha value is -1.96. The van der Waals surface area contributed by atoms with Crippen molar-refractivity contribution < 1.29 is 5.11 Å². The van der Waals surface area contributed by atoms with Crippen molar-refractivity contribution in [1.29, 1.82) is 0 Å². The molecule has 0 unspecified atom stereocenters. The van der Waals surface area contributed by atoms with Crippen LogP contribution in [0.2, 0.25) is 0 Å². The molecule has 14 heavy (non-hydrogen) atoms. The van der Waals surface area contributed by atoms with Gasteiger partial charge in [0.1, 0.15) is 5.75 Å². The lowest BCUT2D eigenvalue weighted by atomic mass is 10.3. The Morgan fingerprint density at radius 3 is 1.79 bits per heavy atom. The van der Waals surface area contributed by atoms with Gasteiger partial charge in [-0.25, -0.2) is 0 Å². The molecular weight excluding hydrogens is 174 g/mol. The molecule has 2 nitrogen and oxygen atoms in total. The number of phenols is 1. The summed E-state index contributed by atoms with van der Waals surface area (Å²) in [7, 11) is 0. The molecule has 0 atom stereocenters. The molecule has 2 rings (SSSR count). The fraction of sp³-hybridized carbons (Fsp3) is 0. The Bertz CT molecular complexity index is 311. The highest BCUT2D eigenvalue weighted by Gasteiger charge is 1.74. The Morgan fingerprint density at radius 1 is 0.786 bits per heavy atom. The van der Waals surface area contributed by atoms with Crippen LogP contribution in [0.3, 0.4) is 0 Å². The molecule has 1 aromatic rings. The zero-order valence-electron chi connectivity index (χ0n) is 7.80. The first kappa shape index (κ1) is 10.1. The van der Waals surface area contributed by atoms with E-state index in [0.29, 0.717) is 5.75 Å². The first-order chi connectivity index (χ1) is 6.89. The Balaban J connectivity index is 0.000000140. The highest BCUT2D eigenvalue weighted by molar-refractivity contribution is 5.18. The second-order valence-electron chi connectivity index (χ2n) is 2.61. The summed E-state index contributed by atoms with van der Waals surface area (Å²) in [5.41, 5.74) is 0. The molecule has 0 radical (unpaired) electrons. The molecule has 72 valence electrons. The SMILES string of the molecule is C1=CC=CNC=C1.Oc1ccccc1. The number of hydrogen-bond acceptors (Lipinski definition) is 2. The summed E-state index contributed by atoms with van der Waals surface area (Å²) in [5, 5.41) is 11.6. The second-order valence-corrected chi connectivity index (χ2v) is 2.61. The van der Waals surface area contributed by atoms with Crippen molar-refractivity contribution in [3.63, 3.8) is 0 Å². The van der Waals surface area contributed by atoms with Crippen molar-refractivity contribution >= 4 is 0 Å². The topological polar surface area (TPSA) is 32.3 Å². The summed E-state index contributed by atoms with van der Waals surface area (Å²) < 4.78 is 0. The van der Waals surface area contributed by atoms with E-state index in [1.54, 1.807) is 24.3 Å². The standard InChI is InChI=1S/C6H7N.C6H6O/c1-2-4-6-7-5-3-1;7-6-4-2-1-3-5-6/h1-7H;1-5,7H. The molecule has 0 amide bonds. The van der Waals surface area contributed by atoms with Crippen molar-refractivity contribution in [2.24, 2.45) is 0 Å². The number of rotatable bonds is 0. The first-order valence-electron chi connectivity index (χ1n) is 4.38. The maximum absolute atomic E-state index is 8.63. The van der Waals surface area contributed by atoms with E-state index in [1.165, 1.54) is 0 Å². The Kier molecular flexibility index (Phi) is 4.73. The maximum atomic E-state index is 8.63. The molecule has 2 N–H and O–H groups in total. The van der Waals surface area contributed by atoms with Crippen molar-refractivity contribution in [1.82, 2.24) is 5.32 Å². The van der Waals surface area contributed by atoms with Crippen LogP contribution in [0.5, 0.6) is 5.75 Å². The molecule has 0 spiro atoms. The van der Waals surface area contributed by atoms with Gasteiger partial charge in [-0.1, -0.05) is 30.4 Å². The quantitative estimate of drug-likeness (QED) is 0.654. The zero-order valence-corrected chi connectivity index (χ0v) is 7.80. The number of nitrogens with one attached hydrogen (secondary N) is 1. The Labute approximate surface area is 83.9 Å². The van der Waals surface area contributed by atoms with E-state index in [4.69, 9.17) is 5.11 Å². The van der Waals surface area contributed by atoms with Crippen LogP contribution >= 0.6 is 0 Å². The average molecular weight is 187 g/mol. The fourth-order valence-corrected chi connectivity index (χ4v) is 0.834. The van der Waals surface area contributed by atoms with Gasteiger partial charge in [-0.05, 0) is 24.3 Å². The minimum Gasteiger partial charge on any atom is -0.508 e. The molecule has 1 aliphatic heterocycles. The van der Waals surface area contributed by atoms with E-state index in [0.717, 1.165) is 0 Å². The van der Waals surface area contributed by atoms with Gasteiger partial charge in [-0.2, -0.15) is 0 Å². The summed E-state index contributed by atoms with van der Waals surface area (Å²) in [6.07, 6.45) is 11.6. The lowest BCUT2D eigenvalue weighted by Crippen LogP contribution is -1.87. The minimum atomic E-state index is 0.322. The molecule has 1 heterocycles. The van der Waals surface area contributed by atoms with Crippen LogP contribution in [0.25, 0.3) is 0 Å². The fourth-order valence-electron chi connectivity index (χ4n) is 0.834. The molecule has 0 aliphatic carbocycles. The third-order valence-electron chi connectivity index (χ3n) is 1.47. The van der Waals surface area contributed by atoms with Crippen LogP contribution < -0.4 is 5.32 Å². The molecule has 0 saturated carbocycles. The molecule has 1 aliphatic rings. The molecule has 0 bridgehead atoms. The molecule has 0 saturated heterocycles. The van der Waals surface area contributed by atoms with Gasteiger partial charge in [-0.3, -0.25) is 0 Å². The third kappa shape index (κ3) is 4.83. The highest BCUT2D eigenvalue weighted by Crippen LogP contribution is 2.02. The molecular formula is C12H13NO. The lowest BCUT2D eigenvalue weighted by molar-refractivity contribution is 0.475. The lowest BCUT2D eigenvalue weighted by Gasteiger charge is -1.82. The predicted molar refractivity (Wildman–Crippen MR) is 58.7 cm³/mol. The first-order valence-corrected chi connectivity index (χ1v) is 4.38. The van der Waals surface area contributed by atoms with Gasteiger partial charge in [0.25, 0.3) is 0 Å². The average Bonchev–Trinajstić information content (AvgIpc) is 2.51.